The van der Waals surface area contributed by atoms with Gasteiger partial charge in [-0.2, -0.15) is 0 Å². The zero-order valence-electron chi connectivity index (χ0n) is 11.8. The minimum atomic E-state index is -0.542. The minimum Gasteiger partial charge on any atom is -0.493 e. The van der Waals surface area contributed by atoms with E-state index in [1.54, 1.807) is 0 Å². The van der Waals surface area contributed by atoms with Gasteiger partial charge in [-0.3, -0.25) is 4.79 Å². The van der Waals surface area contributed by atoms with E-state index in [1.165, 1.54) is 0 Å². The Bertz CT molecular complexity index is 447. The lowest BCUT2D eigenvalue weighted by Gasteiger charge is -2.21. The van der Waals surface area contributed by atoms with Crippen LogP contribution < -0.4 is 10.5 Å². The lowest BCUT2D eigenvalue weighted by molar-refractivity contribution is -0.121. The fourth-order valence-corrected chi connectivity index (χ4v) is 2.61. The van der Waals surface area contributed by atoms with Gasteiger partial charge in [-0.1, -0.05) is 12.1 Å². The fraction of sp³-hybridized carbons (Fsp3) is 0.562. The van der Waals surface area contributed by atoms with E-state index < -0.39 is 6.10 Å². The molecular weight excluding hydrogens is 254 g/mol. The SMILES string of the molecule is NCC[C@@H](O)c1cccc(OC[C@H]2CCCC(=O)C2)c1. The number of Topliss-reactive ketones (excluding diaryl/α,β-unsaturated/α-hetero) is 1. The lowest BCUT2D eigenvalue weighted by atomic mass is 9.89. The van der Waals surface area contributed by atoms with Crippen LogP contribution in [-0.2, 0) is 4.79 Å². The monoisotopic (exact) mass is 277 g/mol. The fourth-order valence-electron chi connectivity index (χ4n) is 2.61. The van der Waals surface area contributed by atoms with Crippen molar-refractivity contribution in [2.75, 3.05) is 13.2 Å². The van der Waals surface area contributed by atoms with Crippen LogP contribution in [0.2, 0.25) is 0 Å². The second-order valence-electron chi connectivity index (χ2n) is 5.48. The van der Waals surface area contributed by atoms with Crippen LogP contribution >= 0.6 is 0 Å². The van der Waals surface area contributed by atoms with E-state index >= 15 is 0 Å². The largest absolute Gasteiger partial charge is 0.493 e. The van der Waals surface area contributed by atoms with Gasteiger partial charge in [0.05, 0.1) is 12.7 Å². The Morgan fingerprint density at radius 2 is 2.30 bits per heavy atom. The van der Waals surface area contributed by atoms with Crippen LogP contribution in [0, 0.1) is 5.92 Å². The van der Waals surface area contributed by atoms with Crippen molar-refractivity contribution >= 4 is 5.78 Å². The highest BCUT2D eigenvalue weighted by Gasteiger charge is 2.20. The van der Waals surface area contributed by atoms with Crippen LogP contribution in [0.5, 0.6) is 5.75 Å². The van der Waals surface area contributed by atoms with E-state index in [9.17, 15) is 9.90 Å². The molecule has 1 aromatic rings. The van der Waals surface area contributed by atoms with E-state index in [0.717, 1.165) is 30.6 Å². The number of ketones is 1. The smallest absolute Gasteiger partial charge is 0.133 e. The average molecular weight is 277 g/mol. The van der Waals surface area contributed by atoms with Gasteiger partial charge >= 0.3 is 0 Å². The van der Waals surface area contributed by atoms with Crippen molar-refractivity contribution in [3.8, 4) is 5.75 Å². The van der Waals surface area contributed by atoms with Gasteiger partial charge in [0.1, 0.15) is 11.5 Å². The van der Waals surface area contributed by atoms with Crippen molar-refractivity contribution in [3.05, 3.63) is 29.8 Å². The van der Waals surface area contributed by atoms with E-state index in [-0.39, 0.29) is 0 Å². The van der Waals surface area contributed by atoms with Gasteiger partial charge in [-0.05, 0) is 49.4 Å². The van der Waals surface area contributed by atoms with Crippen molar-refractivity contribution in [2.45, 2.75) is 38.2 Å². The van der Waals surface area contributed by atoms with Crippen LogP contribution in [0.25, 0.3) is 0 Å². The number of rotatable bonds is 6. The average Bonchev–Trinajstić information content (AvgIpc) is 2.46. The standard InChI is InChI=1S/C16H23NO3/c17-8-7-16(19)13-4-2-6-15(10-13)20-11-12-3-1-5-14(18)9-12/h2,4,6,10,12,16,19H,1,3,5,7-9,11,17H2/t12-,16+/m0/s1. The summed E-state index contributed by atoms with van der Waals surface area (Å²) < 4.78 is 5.77. The summed E-state index contributed by atoms with van der Waals surface area (Å²) in [5.74, 6) is 1.42. The molecule has 110 valence electrons. The number of carbonyl (C=O) groups excluding carboxylic acids is 1. The molecule has 4 heteroatoms. The second kappa shape index (κ2) is 7.41. The summed E-state index contributed by atoms with van der Waals surface area (Å²) in [6.45, 7) is 1.03. The predicted octanol–water partition coefficient (Wildman–Crippen LogP) is 2.21. The van der Waals surface area contributed by atoms with E-state index in [0.29, 0.717) is 37.7 Å². The van der Waals surface area contributed by atoms with E-state index in [1.807, 2.05) is 24.3 Å². The number of benzene rings is 1. The molecule has 2 atom stereocenters. The van der Waals surface area contributed by atoms with Crippen molar-refractivity contribution in [2.24, 2.45) is 11.7 Å². The molecule has 0 aromatic heterocycles. The number of carbonyl (C=O) groups is 1. The molecule has 3 N–H and O–H groups in total. The van der Waals surface area contributed by atoms with E-state index in [2.05, 4.69) is 0 Å². The molecule has 0 heterocycles. The van der Waals surface area contributed by atoms with Gasteiger partial charge in [0, 0.05) is 12.8 Å². The maximum absolute atomic E-state index is 11.4. The summed E-state index contributed by atoms with van der Waals surface area (Å²) in [7, 11) is 0. The van der Waals surface area contributed by atoms with Crippen LogP contribution in [0.3, 0.4) is 0 Å². The highest BCUT2D eigenvalue weighted by atomic mass is 16.5. The summed E-state index contributed by atoms with van der Waals surface area (Å²) in [6.07, 6.45) is 3.39. The molecule has 1 aromatic carbocycles. The molecule has 0 spiro atoms. The van der Waals surface area contributed by atoms with Crippen LogP contribution in [0.4, 0.5) is 0 Å². The Kier molecular flexibility index (Phi) is 5.56. The number of nitrogens with two attached hydrogens (primary N) is 1. The Morgan fingerprint density at radius 1 is 1.45 bits per heavy atom. The molecule has 0 bridgehead atoms. The molecule has 0 unspecified atom stereocenters. The molecule has 20 heavy (non-hydrogen) atoms. The van der Waals surface area contributed by atoms with Crippen LogP contribution in [-0.4, -0.2) is 24.0 Å². The first-order valence-electron chi connectivity index (χ1n) is 7.31. The molecule has 2 rings (SSSR count). The summed E-state index contributed by atoms with van der Waals surface area (Å²) in [4.78, 5) is 11.4. The molecule has 0 radical (unpaired) electrons. The minimum absolute atomic E-state index is 0.328. The highest BCUT2D eigenvalue weighted by Crippen LogP contribution is 2.24. The molecule has 1 aliphatic rings. The third-order valence-corrected chi connectivity index (χ3v) is 3.75. The van der Waals surface area contributed by atoms with Crippen molar-refractivity contribution in [1.29, 1.82) is 0 Å². The van der Waals surface area contributed by atoms with Gasteiger partial charge in [-0.25, -0.2) is 0 Å². The zero-order chi connectivity index (χ0) is 14.4. The molecule has 4 nitrogen and oxygen atoms in total. The maximum atomic E-state index is 11.4. The summed E-state index contributed by atoms with van der Waals surface area (Å²) in [5, 5.41) is 9.92. The molecular formula is C16H23NO3. The van der Waals surface area contributed by atoms with Gasteiger partial charge in [-0.15, -0.1) is 0 Å². The normalized spacial score (nSPS) is 20.7. The number of aliphatic hydroxyl groups is 1. The molecule has 1 fully saturated rings. The van der Waals surface area contributed by atoms with Crippen molar-refractivity contribution in [3.63, 3.8) is 0 Å². The Balaban J connectivity index is 1.89. The van der Waals surface area contributed by atoms with E-state index in [4.69, 9.17) is 10.5 Å². The number of hydrogen-bond donors (Lipinski definition) is 2. The number of hydrogen-bond acceptors (Lipinski definition) is 4. The van der Waals surface area contributed by atoms with Gasteiger partial charge in [0.15, 0.2) is 0 Å². The first-order chi connectivity index (χ1) is 9.69. The Labute approximate surface area is 119 Å². The Morgan fingerprint density at radius 3 is 3.05 bits per heavy atom. The second-order valence-corrected chi connectivity index (χ2v) is 5.48. The summed E-state index contributed by atoms with van der Waals surface area (Å²) in [6, 6.07) is 7.47. The van der Waals surface area contributed by atoms with Crippen molar-refractivity contribution in [1.82, 2.24) is 0 Å². The lowest BCUT2D eigenvalue weighted by Crippen LogP contribution is -2.20. The third kappa shape index (κ3) is 4.32. The third-order valence-electron chi connectivity index (χ3n) is 3.75. The first kappa shape index (κ1) is 15.0. The zero-order valence-corrected chi connectivity index (χ0v) is 11.8. The molecule has 0 amide bonds. The Hall–Kier alpha value is -1.39. The highest BCUT2D eigenvalue weighted by molar-refractivity contribution is 5.79. The molecule has 0 aliphatic heterocycles. The first-order valence-corrected chi connectivity index (χ1v) is 7.31. The maximum Gasteiger partial charge on any atom is 0.133 e. The van der Waals surface area contributed by atoms with Gasteiger partial charge in [0.2, 0.25) is 0 Å². The topological polar surface area (TPSA) is 72.6 Å². The van der Waals surface area contributed by atoms with Gasteiger partial charge < -0.3 is 15.6 Å². The quantitative estimate of drug-likeness (QED) is 0.836. The molecule has 0 saturated heterocycles. The van der Waals surface area contributed by atoms with Crippen LogP contribution in [0.1, 0.15) is 43.8 Å². The molecule has 1 saturated carbocycles. The van der Waals surface area contributed by atoms with Gasteiger partial charge in [0.25, 0.3) is 0 Å². The predicted molar refractivity (Wildman–Crippen MR) is 77.5 cm³/mol. The summed E-state index contributed by atoms with van der Waals surface area (Å²) in [5.41, 5.74) is 6.28. The van der Waals surface area contributed by atoms with Crippen molar-refractivity contribution < 1.29 is 14.6 Å². The summed E-state index contributed by atoms with van der Waals surface area (Å²) >= 11 is 0. The number of aliphatic hydroxyl groups excluding tert-OH is 1. The van der Waals surface area contributed by atoms with Crippen LogP contribution in [0.15, 0.2) is 24.3 Å². The molecule has 1 aliphatic carbocycles. The number of ether oxygens (including phenoxy) is 1.